The van der Waals surface area contributed by atoms with Gasteiger partial charge in [-0.3, -0.25) is 0 Å². The van der Waals surface area contributed by atoms with Gasteiger partial charge < -0.3 is 10.6 Å². The second-order valence-electron chi connectivity index (χ2n) is 3.43. The van der Waals surface area contributed by atoms with E-state index in [-0.39, 0.29) is 0 Å². The second kappa shape index (κ2) is 2.89. The van der Waals surface area contributed by atoms with Crippen molar-refractivity contribution in [3.05, 3.63) is 0 Å². The fraction of sp³-hybridized carbons (Fsp3) is 1.00. The first-order valence-electron chi connectivity index (χ1n) is 4.43. The van der Waals surface area contributed by atoms with Crippen molar-refractivity contribution in [1.82, 2.24) is 10.6 Å². The summed E-state index contributed by atoms with van der Waals surface area (Å²) < 4.78 is 0. The maximum atomic E-state index is 3.53. The predicted octanol–water partition coefficient (Wildman–Crippen LogP) is 0.695. The van der Waals surface area contributed by atoms with E-state index in [9.17, 15) is 0 Å². The SMILES string of the molecule is C1CCC2CCNC2NC1. The van der Waals surface area contributed by atoms with Gasteiger partial charge >= 0.3 is 0 Å². The van der Waals surface area contributed by atoms with Crippen LogP contribution in [0.25, 0.3) is 0 Å². The summed E-state index contributed by atoms with van der Waals surface area (Å²) in [6, 6.07) is 0. The van der Waals surface area contributed by atoms with Gasteiger partial charge in [0, 0.05) is 0 Å². The molecule has 0 amide bonds. The number of rotatable bonds is 0. The highest BCUT2D eigenvalue weighted by atomic mass is 15.1. The normalized spacial score (nSPS) is 40.8. The van der Waals surface area contributed by atoms with E-state index in [1.165, 1.54) is 38.8 Å². The van der Waals surface area contributed by atoms with E-state index in [0.29, 0.717) is 6.17 Å². The van der Waals surface area contributed by atoms with E-state index < -0.39 is 0 Å². The molecule has 2 heteroatoms. The molecule has 10 heavy (non-hydrogen) atoms. The van der Waals surface area contributed by atoms with Gasteiger partial charge in [-0.2, -0.15) is 0 Å². The van der Waals surface area contributed by atoms with Gasteiger partial charge in [-0.25, -0.2) is 0 Å². The minimum atomic E-state index is 0.655. The maximum absolute atomic E-state index is 3.53. The topological polar surface area (TPSA) is 24.1 Å². The van der Waals surface area contributed by atoms with Crippen LogP contribution in [0, 0.1) is 5.92 Å². The molecule has 2 atom stereocenters. The van der Waals surface area contributed by atoms with E-state index in [1.807, 2.05) is 0 Å². The minimum absolute atomic E-state index is 0.655. The van der Waals surface area contributed by atoms with E-state index in [2.05, 4.69) is 10.6 Å². The Morgan fingerprint density at radius 1 is 0.900 bits per heavy atom. The Kier molecular flexibility index (Phi) is 1.91. The van der Waals surface area contributed by atoms with Gasteiger partial charge in [0.25, 0.3) is 0 Å². The van der Waals surface area contributed by atoms with E-state index >= 15 is 0 Å². The van der Waals surface area contributed by atoms with Crippen molar-refractivity contribution in [3.8, 4) is 0 Å². The first kappa shape index (κ1) is 6.62. The Morgan fingerprint density at radius 3 is 2.80 bits per heavy atom. The van der Waals surface area contributed by atoms with Crippen LogP contribution in [-0.2, 0) is 0 Å². The van der Waals surface area contributed by atoms with Crippen molar-refractivity contribution in [2.45, 2.75) is 31.8 Å². The monoisotopic (exact) mass is 140 g/mol. The van der Waals surface area contributed by atoms with Crippen LogP contribution in [-0.4, -0.2) is 19.3 Å². The third-order valence-corrected chi connectivity index (χ3v) is 2.72. The average Bonchev–Trinajstić information content (AvgIpc) is 2.28. The van der Waals surface area contributed by atoms with Gasteiger partial charge in [-0.15, -0.1) is 0 Å². The molecule has 2 aliphatic heterocycles. The summed E-state index contributed by atoms with van der Waals surface area (Å²) in [4.78, 5) is 0. The van der Waals surface area contributed by atoms with Gasteiger partial charge in [0.1, 0.15) is 0 Å². The van der Waals surface area contributed by atoms with Crippen LogP contribution < -0.4 is 10.6 Å². The fourth-order valence-corrected chi connectivity index (χ4v) is 2.10. The lowest BCUT2D eigenvalue weighted by Crippen LogP contribution is -2.40. The molecule has 2 unspecified atom stereocenters. The third-order valence-electron chi connectivity index (χ3n) is 2.72. The summed E-state index contributed by atoms with van der Waals surface area (Å²) in [7, 11) is 0. The Morgan fingerprint density at radius 2 is 1.80 bits per heavy atom. The molecule has 0 saturated carbocycles. The van der Waals surface area contributed by atoms with Gasteiger partial charge in [0.05, 0.1) is 6.17 Å². The molecule has 2 nitrogen and oxygen atoms in total. The maximum Gasteiger partial charge on any atom is 0.0601 e. The summed E-state index contributed by atoms with van der Waals surface area (Å²) >= 11 is 0. The summed E-state index contributed by atoms with van der Waals surface area (Å²) in [6.45, 7) is 2.44. The molecule has 2 heterocycles. The van der Waals surface area contributed by atoms with E-state index in [1.54, 1.807) is 0 Å². The Bertz CT molecular complexity index is 102. The molecule has 2 N–H and O–H groups in total. The average molecular weight is 140 g/mol. The number of fused-ring (bicyclic) bond motifs is 1. The Balaban J connectivity index is 1.95. The van der Waals surface area contributed by atoms with Gasteiger partial charge in [0.2, 0.25) is 0 Å². The molecule has 0 aliphatic carbocycles. The minimum Gasteiger partial charge on any atom is -0.302 e. The van der Waals surface area contributed by atoms with Crippen molar-refractivity contribution >= 4 is 0 Å². The van der Waals surface area contributed by atoms with Crippen LogP contribution in [0.3, 0.4) is 0 Å². The van der Waals surface area contributed by atoms with Crippen molar-refractivity contribution < 1.29 is 0 Å². The first-order valence-corrected chi connectivity index (χ1v) is 4.43. The lowest BCUT2D eigenvalue weighted by atomic mass is 10.0. The van der Waals surface area contributed by atoms with E-state index in [4.69, 9.17) is 0 Å². The highest BCUT2D eigenvalue weighted by molar-refractivity contribution is 4.83. The Hall–Kier alpha value is -0.0800. The van der Waals surface area contributed by atoms with Gasteiger partial charge in [0.15, 0.2) is 0 Å². The molecular weight excluding hydrogens is 124 g/mol. The Labute approximate surface area is 62.4 Å². The van der Waals surface area contributed by atoms with Crippen molar-refractivity contribution in [1.29, 1.82) is 0 Å². The van der Waals surface area contributed by atoms with Crippen LogP contribution in [0.1, 0.15) is 25.7 Å². The smallest absolute Gasteiger partial charge is 0.0601 e. The molecule has 2 aliphatic rings. The predicted molar refractivity (Wildman–Crippen MR) is 41.8 cm³/mol. The zero-order chi connectivity index (χ0) is 6.81. The first-order chi connectivity index (χ1) is 4.97. The molecule has 0 aromatic rings. The van der Waals surface area contributed by atoms with Crippen LogP contribution in [0.5, 0.6) is 0 Å². The fourth-order valence-electron chi connectivity index (χ4n) is 2.10. The molecule has 0 spiro atoms. The molecule has 2 saturated heterocycles. The molecular formula is C8H16N2. The lowest BCUT2D eigenvalue weighted by molar-refractivity contribution is 0.391. The summed E-state index contributed by atoms with van der Waals surface area (Å²) in [5, 5.41) is 7.02. The van der Waals surface area contributed by atoms with Crippen LogP contribution >= 0.6 is 0 Å². The molecule has 0 bridgehead atoms. The summed E-state index contributed by atoms with van der Waals surface area (Å²) in [6.07, 6.45) is 6.27. The quantitative estimate of drug-likeness (QED) is 0.517. The number of hydrogen-bond donors (Lipinski definition) is 2. The molecule has 0 aromatic carbocycles. The molecule has 2 fully saturated rings. The molecule has 58 valence electrons. The van der Waals surface area contributed by atoms with Crippen molar-refractivity contribution in [2.24, 2.45) is 5.92 Å². The van der Waals surface area contributed by atoms with Gasteiger partial charge in [-0.05, 0) is 38.3 Å². The van der Waals surface area contributed by atoms with Crippen LogP contribution in [0.15, 0.2) is 0 Å². The van der Waals surface area contributed by atoms with Crippen molar-refractivity contribution in [3.63, 3.8) is 0 Å². The van der Waals surface area contributed by atoms with E-state index in [0.717, 1.165) is 5.92 Å². The highest BCUT2D eigenvalue weighted by Gasteiger charge is 2.26. The van der Waals surface area contributed by atoms with Crippen molar-refractivity contribution in [2.75, 3.05) is 13.1 Å². The van der Waals surface area contributed by atoms with Gasteiger partial charge in [-0.1, -0.05) is 6.42 Å². The molecule has 2 rings (SSSR count). The van der Waals surface area contributed by atoms with Crippen LogP contribution in [0.4, 0.5) is 0 Å². The largest absolute Gasteiger partial charge is 0.302 e. The zero-order valence-electron chi connectivity index (χ0n) is 6.40. The third kappa shape index (κ3) is 1.18. The number of nitrogens with one attached hydrogen (secondary N) is 2. The summed E-state index contributed by atoms with van der Waals surface area (Å²) in [5.41, 5.74) is 0. The summed E-state index contributed by atoms with van der Waals surface area (Å²) in [5.74, 6) is 0.933. The molecule has 0 aromatic heterocycles. The second-order valence-corrected chi connectivity index (χ2v) is 3.43. The standard InChI is InChI=1S/C8H16N2/c1-2-5-9-8-7(3-1)4-6-10-8/h7-10H,1-6H2. The lowest BCUT2D eigenvalue weighted by Gasteiger charge is -2.16. The van der Waals surface area contributed by atoms with Crippen LogP contribution in [0.2, 0.25) is 0 Å². The number of hydrogen-bond acceptors (Lipinski definition) is 2. The highest BCUT2D eigenvalue weighted by Crippen LogP contribution is 2.22. The molecule has 0 radical (unpaired) electrons. The zero-order valence-corrected chi connectivity index (χ0v) is 6.40.